The minimum absolute atomic E-state index is 0.828. The van der Waals surface area contributed by atoms with Crippen molar-refractivity contribution in [2.24, 2.45) is 0 Å². The highest BCUT2D eigenvalue weighted by Crippen LogP contribution is 1.87. The predicted molar refractivity (Wildman–Crippen MR) is 45.2 cm³/mol. The van der Waals surface area contributed by atoms with Gasteiger partial charge in [-0.3, -0.25) is 0 Å². The molecule has 0 heterocycles. The molecule has 0 unspecified atom stereocenters. The lowest BCUT2D eigenvalue weighted by atomic mass is 10.3. The number of unbranched alkanes of at least 4 members (excludes halogenated alkanes) is 1. The summed E-state index contributed by atoms with van der Waals surface area (Å²) in [4.78, 5) is 0. The lowest BCUT2D eigenvalue weighted by Crippen LogP contribution is -1.63. The standard InChI is InChI=1S/C10H10/c1-3-5-7-9-10-8-6-4-2/h1,4,6,8H,2,9-10H2. The van der Waals surface area contributed by atoms with Crippen molar-refractivity contribution >= 4 is 0 Å². The van der Waals surface area contributed by atoms with Gasteiger partial charge >= 0.3 is 0 Å². The van der Waals surface area contributed by atoms with Crippen molar-refractivity contribution in [2.75, 3.05) is 0 Å². The molecule has 0 amide bonds. The fraction of sp³-hybridized carbons (Fsp3) is 0.200. The first-order valence-corrected chi connectivity index (χ1v) is 3.13. The topological polar surface area (TPSA) is 0 Å². The Morgan fingerprint density at radius 2 is 2.30 bits per heavy atom. The normalized spacial score (nSPS) is 7.90. The van der Waals surface area contributed by atoms with Crippen LogP contribution < -0.4 is 0 Å². The molecule has 0 aliphatic heterocycles. The van der Waals surface area contributed by atoms with Crippen LogP contribution in [-0.2, 0) is 0 Å². The smallest absolute Gasteiger partial charge is 0.0134 e. The molecule has 0 spiro atoms. The van der Waals surface area contributed by atoms with E-state index in [2.05, 4.69) is 24.3 Å². The first-order chi connectivity index (χ1) is 4.91. The third kappa shape index (κ3) is 6.60. The zero-order valence-corrected chi connectivity index (χ0v) is 5.93. The maximum absolute atomic E-state index is 4.91. The van der Waals surface area contributed by atoms with Gasteiger partial charge < -0.3 is 0 Å². The zero-order valence-electron chi connectivity index (χ0n) is 5.93. The molecular formula is C10H10. The van der Waals surface area contributed by atoms with Gasteiger partial charge in [-0.05, 0) is 18.3 Å². The molecule has 0 aromatic heterocycles. The Morgan fingerprint density at radius 3 is 2.90 bits per heavy atom. The average Bonchev–Trinajstić information content (AvgIpc) is 1.97. The van der Waals surface area contributed by atoms with E-state index in [1.165, 1.54) is 0 Å². The van der Waals surface area contributed by atoms with Gasteiger partial charge in [0.1, 0.15) is 0 Å². The summed E-state index contributed by atoms with van der Waals surface area (Å²) in [6.45, 7) is 3.54. The molecule has 0 bridgehead atoms. The van der Waals surface area contributed by atoms with Gasteiger partial charge in [-0.25, -0.2) is 0 Å². The molecule has 0 aliphatic carbocycles. The van der Waals surface area contributed by atoms with Crippen molar-refractivity contribution in [3.63, 3.8) is 0 Å². The molecular weight excluding hydrogens is 120 g/mol. The highest BCUT2D eigenvalue weighted by atomic mass is 13.8. The first-order valence-electron chi connectivity index (χ1n) is 3.13. The maximum atomic E-state index is 4.91. The van der Waals surface area contributed by atoms with Gasteiger partial charge in [-0.2, -0.15) is 0 Å². The van der Waals surface area contributed by atoms with Crippen LogP contribution in [0.4, 0.5) is 0 Å². The summed E-state index contributed by atoms with van der Waals surface area (Å²) in [7, 11) is 0. The quantitative estimate of drug-likeness (QED) is 0.312. The van der Waals surface area contributed by atoms with Gasteiger partial charge in [-0.1, -0.05) is 30.7 Å². The Morgan fingerprint density at radius 1 is 1.50 bits per heavy atom. The first kappa shape index (κ1) is 8.60. The molecule has 0 atom stereocenters. The van der Waals surface area contributed by atoms with Crippen LogP contribution in [0.2, 0.25) is 0 Å². The summed E-state index contributed by atoms with van der Waals surface area (Å²) < 4.78 is 0. The molecule has 0 saturated heterocycles. The molecule has 50 valence electrons. The van der Waals surface area contributed by atoms with Crippen molar-refractivity contribution < 1.29 is 0 Å². The summed E-state index contributed by atoms with van der Waals surface area (Å²) >= 11 is 0. The second-order valence-electron chi connectivity index (χ2n) is 1.65. The molecule has 0 radical (unpaired) electrons. The van der Waals surface area contributed by atoms with Crippen molar-refractivity contribution in [3.8, 4) is 24.2 Å². The maximum Gasteiger partial charge on any atom is 0.0134 e. The van der Waals surface area contributed by atoms with Crippen LogP contribution in [0.25, 0.3) is 0 Å². The molecule has 0 fully saturated rings. The number of rotatable bonds is 3. The Bertz CT molecular complexity index is 202. The molecule has 0 N–H and O–H groups in total. The molecule has 0 nitrogen and oxygen atoms in total. The predicted octanol–water partition coefficient (Wildman–Crippen LogP) is 2.15. The van der Waals surface area contributed by atoms with Crippen LogP contribution >= 0.6 is 0 Å². The third-order valence-corrected chi connectivity index (χ3v) is 0.869. The summed E-state index contributed by atoms with van der Waals surface area (Å²) in [5.74, 6) is 7.62. The molecule has 0 heteroatoms. The average molecular weight is 130 g/mol. The highest BCUT2D eigenvalue weighted by molar-refractivity contribution is 5.21. The van der Waals surface area contributed by atoms with Gasteiger partial charge in [0.25, 0.3) is 0 Å². The second kappa shape index (κ2) is 7.60. The lowest BCUT2D eigenvalue weighted by Gasteiger charge is -1.78. The Hall–Kier alpha value is -1.40. The van der Waals surface area contributed by atoms with Gasteiger partial charge in [0, 0.05) is 6.42 Å². The van der Waals surface area contributed by atoms with Gasteiger partial charge in [0.15, 0.2) is 0 Å². The van der Waals surface area contributed by atoms with Gasteiger partial charge in [0.2, 0.25) is 0 Å². The van der Waals surface area contributed by atoms with E-state index in [1.807, 2.05) is 12.2 Å². The number of allylic oxidation sites excluding steroid dienone is 3. The summed E-state index contributed by atoms with van der Waals surface area (Å²) in [5.41, 5.74) is 0. The van der Waals surface area contributed by atoms with E-state index in [0.29, 0.717) is 0 Å². The fourth-order valence-corrected chi connectivity index (χ4v) is 0.461. The minimum Gasteiger partial charge on any atom is -0.106 e. The second-order valence-corrected chi connectivity index (χ2v) is 1.65. The van der Waals surface area contributed by atoms with Crippen molar-refractivity contribution in [2.45, 2.75) is 12.8 Å². The van der Waals surface area contributed by atoms with Gasteiger partial charge in [-0.15, -0.1) is 6.42 Å². The summed E-state index contributed by atoms with van der Waals surface area (Å²) in [6, 6.07) is 0. The minimum atomic E-state index is 0.828. The summed E-state index contributed by atoms with van der Waals surface area (Å²) in [6.07, 6.45) is 12.3. The highest BCUT2D eigenvalue weighted by Gasteiger charge is 1.71. The number of hydrogen-bond donors (Lipinski definition) is 0. The molecule has 0 aromatic carbocycles. The molecule has 0 aromatic rings. The zero-order chi connectivity index (χ0) is 7.66. The van der Waals surface area contributed by atoms with Crippen LogP contribution in [-0.4, -0.2) is 0 Å². The lowest BCUT2D eigenvalue weighted by molar-refractivity contribution is 1.09. The SMILES string of the molecule is C#CC#CCCC=CC=C. The number of hydrogen-bond acceptors (Lipinski definition) is 0. The van der Waals surface area contributed by atoms with Crippen LogP contribution in [0.1, 0.15) is 12.8 Å². The van der Waals surface area contributed by atoms with Crippen LogP contribution in [0, 0.1) is 24.2 Å². The van der Waals surface area contributed by atoms with Crippen molar-refractivity contribution in [1.82, 2.24) is 0 Å². The van der Waals surface area contributed by atoms with E-state index in [-0.39, 0.29) is 0 Å². The van der Waals surface area contributed by atoms with Crippen LogP contribution in [0.3, 0.4) is 0 Å². The Labute approximate surface area is 62.6 Å². The Balaban J connectivity index is 3.31. The molecule has 10 heavy (non-hydrogen) atoms. The van der Waals surface area contributed by atoms with E-state index in [1.54, 1.807) is 6.08 Å². The van der Waals surface area contributed by atoms with Crippen molar-refractivity contribution in [3.05, 3.63) is 24.8 Å². The third-order valence-electron chi connectivity index (χ3n) is 0.869. The van der Waals surface area contributed by atoms with Crippen molar-refractivity contribution in [1.29, 1.82) is 0 Å². The van der Waals surface area contributed by atoms with E-state index in [9.17, 15) is 0 Å². The van der Waals surface area contributed by atoms with E-state index < -0.39 is 0 Å². The number of terminal acetylenes is 1. The largest absolute Gasteiger partial charge is 0.106 e. The fourth-order valence-electron chi connectivity index (χ4n) is 0.461. The molecule has 0 rings (SSSR count). The van der Waals surface area contributed by atoms with Crippen LogP contribution in [0.5, 0.6) is 0 Å². The van der Waals surface area contributed by atoms with E-state index in [4.69, 9.17) is 6.42 Å². The van der Waals surface area contributed by atoms with Gasteiger partial charge in [0.05, 0.1) is 0 Å². The monoisotopic (exact) mass is 130 g/mol. The molecule has 0 aliphatic rings. The Kier molecular flexibility index (Phi) is 6.54. The summed E-state index contributed by atoms with van der Waals surface area (Å²) in [5, 5.41) is 0. The molecule has 0 saturated carbocycles. The van der Waals surface area contributed by atoms with Crippen LogP contribution in [0.15, 0.2) is 24.8 Å². The van der Waals surface area contributed by atoms with E-state index >= 15 is 0 Å². The van der Waals surface area contributed by atoms with E-state index in [0.717, 1.165) is 12.8 Å².